The zero-order valence-electron chi connectivity index (χ0n) is 65.4. The van der Waals surface area contributed by atoms with E-state index >= 15 is 0 Å². The number of aliphatic hydroxyl groups excluding tert-OH is 2. The minimum atomic E-state index is -1.13. The number of anilines is 4. The number of fused-ring (bicyclic) bond motifs is 24. The molecule has 16 bridgehead atoms. The first-order valence-electron chi connectivity index (χ1n) is 38.6. The van der Waals surface area contributed by atoms with Crippen LogP contribution in [0.4, 0.5) is 22.7 Å². The van der Waals surface area contributed by atoms with Gasteiger partial charge in [0.2, 0.25) is 0 Å². The standard InChI is InChI=1S/C21H24N6O4.3C21H22N6O2/c1-26-12-16-19(25-26)21(31)22-10-18(29)17(28)6-3-7-27-11-15(9-23-27)13-4-2-5-14(8-13)20(30)24-16;3*1-26-14-18-19(25-26)21(29)22-9-4-2-3-5-10-27-13-17(12-23-27)15-7-6-8-16(11-15)20(28)24-18/h2,4-5,8-9,11-12,17-18,28-29H,3,6-7,10H2,1H3,(H,22,31)(H,24,30);2*2,4,6-8,11-14H,3,5,9-10H2,1H3,(H,22,29)(H,24,28);2-3,6-8,11-14H,4-5,9-10H2,1H3,(H,22,29)(H,24,28)/b;4-2+;4-2-;3-2+. The maximum atomic E-state index is 12.8. The summed E-state index contributed by atoms with van der Waals surface area (Å²) < 4.78 is 13.4. The molecule has 0 fully saturated rings. The van der Waals surface area contributed by atoms with Crippen molar-refractivity contribution < 1.29 is 48.6 Å². The van der Waals surface area contributed by atoms with E-state index in [4.69, 9.17) is 0 Å². The highest BCUT2D eigenvalue weighted by molar-refractivity contribution is 6.12. The van der Waals surface area contributed by atoms with Crippen molar-refractivity contribution in [1.82, 2.24) is 99.5 Å². The molecule has 0 saturated heterocycles. The van der Waals surface area contributed by atoms with Crippen LogP contribution in [0.5, 0.6) is 0 Å². The summed E-state index contributed by atoms with van der Waals surface area (Å²) in [4.78, 5) is 101. The number of carbonyl (C=O) groups is 8. The molecule has 34 heteroatoms. The maximum Gasteiger partial charge on any atom is 0.274 e. The van der Waals surface area contributed by atoms with Gasteiger partial charge in [0, 0.05) is 175 Å². The Labute approximate surface area is 677 Å². The number of aliphatic hydroxyl groups is 2. The summed E-state index contributed by atoms with van der Waals surface area (Å²) in [6.07, 6.45) is 37.5. The highest BCUT2D eigenvalue weighted by atomic mass is 16.3. The van der Waals surface area contributed by atoms with Gasteiger partial charge < -0.3 is 52.7 Å². The highest BCUT2D eigenvalue weighted by Crippen LogP contribution is 2.28. The van der Waals surface area contributed by atoms with Gasteiger partial charge in [-0.3, -0.25) is 75.8 Å². The van der Waals surface area contributed by atoms with Crippen molar-refractivity contribution in [3.05, 3.63) is 253 Å². The lowest BCUT2D eigenvalue weighted by atomic mass is 10.1. The molecular formula is C84H90N24O10. The minimum absolute atomic E-state index is 0.0242. The quantitative estimate of drug-likeness (QED) is 0.0635. The van der Waals surface area contributed by atoms with Gasteiger partial charge in [-0.1, -0.05) is 85.0 Å². The van der Waals surface area contributed by atoms with Crippen molar-refractivity contribution in [3.63, 3.8) is 0 Å². The topological polar surface area (TPSA) is 416 Å². The van der Waals surface area contributed by atoms with E-state index in [1.807, 2.05) is 142 Å². The van der Waals surface area contributed by atoms with Crippen molar-refractivity contribution in [1.29, 1.82) is 0 Å². The molecule has 4 aliphatic rings. The Hall–Kier alpha value is -14.5. The van der Waals surface area contributed by atoms with Crippen molar-refractivity contribution >= 4 is 70.0 Å². The monoisotopic (exact) mass is 1590 g/mol. The Morgan fingerprint density at radius 1 is 0.314 bits per heavy atom. The molecule has 12 heterocycles. The first-order chi connectivity index (χ1) is 57.2. The summed E-state index contributed by atoms with van der Waals surface area (Å²) in [6, 6.07) is 29.1. The average molecular weight is 1600 g/mol. The average Bonchev–Trinajstić information content (AvgIpc) is 1.65. The molecule has 8 aromatic heterocycles. The number of nitrogens with one attached hydrogen (secondary N) is 8. The molecule has 0 saturated carbocycles. The summed E-state index contributed by atoms with van der Waals surface area (Å²) >= 11 is 0. The molecule has 0 aliphatic carbocycles. The van der Waals surface area contributed by atoms with E-state index in [1.54, 1.807) is 100 Å². The Bertz CT molecular complexity index is 5550. The number of β-amino-alcohol motifs (C(OH)–C–C–N with tert-alkyl or cyclic N) is 1. The number of carbonyl (C=O) groups excluding carboxylic acids is 8. The normalized spacial score (nSPS) is 17.2. The molecule has 8 amide bonds. The molecule has 0 radical (unpaired) electrons. The first-order valence-corrected chi connectivity index (χ1v) is 38.6. The molecule has 4 aromatic carbocycles. The summed E-state index contributed by atoms with van der Waals surface area (Å²) in [5, 5.41) is 76.8. The predicted molar refractivity (Wildman–Crippen MR) is 441 cm³/mol. The molecular weight excluding hydrogens is 1510 g/mol. The maximum absolute atomic E-state index is 12.8. The first kappa shape index (κ1) is 81.5. The van der Waals surface area contributed by atoms with Gasteiger partial charge in [0.1, 0.15) is 0 Å². The van der Waals surface area contributed by atoms with E-state index < -0.39 is 18.1 Å². The molecule has 4 aliphatic heterocycles. The van der Waals surface area contributed by atoms with E-state index in [0.717, 1.165) is 103 Å². The molecule has 0 spiro atoms. The lowest BCUT2D eigenvalue weighted by Gasteiger charge is -2.18. The largest absolute Gasteiger partial charge is 0.390 e. The fourth-order valence-electron chi connectivity index (χ4n) is 13.2. The molecule has 118 heavy (non-hydrogen) atoms. The van der Waals surface area contributed by atoms with Gasteiger partial charge in [-0.25, -0.2) is 0 Å². The summed E-state index contributed by atoms with van der Waals surface area (Å²) in [6.45, 7) is 4.08. The molecule has 12 aromatic rings. The van der Waals surface area contributed by atoms with E-state index in [0.29, 0.717) is 78.3 Å². The molecule has 606 valence electrons. The summed E-state index contributed by atoms with van der Waals surface area (Å²) in [5.74, 6) is -2.82. The molecule has 10 N–H and O–H groups in total. The zero-order chi connectivity index (χ0) is 82.6. The zero-order valence-corrected chi connectivity index (χ0v) is 65.4. The van der Waals surface area contributed by atoms with Crippen molar-refractivity contribution in [2.45, 2.75) is 89.8 Å². The Kier molecular flexibility index (Phi) is 26.6. The Morgan fingerprint density at radius 2 is 0.619 bits per heavy atom. The molecule has 2 atom stereocenters. The van der Waals surface area contributed by atoms with Crippen LogP contribution < -0.4 is 42.5 Å². The van der Waals surface area contributed by atoms with Gasteiger partial charge in [0.25, 0.3) is 47.3 Å². The minimum Gasteiger partial charge on any atom is -0.390 e. The van der Waals surface area contributed by atoms with Crippen LogP contribution in [0.3, 0.4) is 0 Å². The SMILES string of the molecule is Cn1cc2c(n1)C(=O)NC/C=C/CCCn1cc(cn1)-c1cccc(c1)C(=O)N2.Cn1cc2c(n1)C(=O)NC/C=C\CCCn1cc(cn1)-c1cccc(c1)C(=O)N2.Cn1cc2c(n1)C(=O)NCC(O)C(O)CCCn1cc(cn1)-c1cccc(c1)C(=O)N2.Cn1cc2c(n1)C(=O)NCC/C=C/CCn1cc(cn1)-c1cccc(c1)C(=O)N2. The van der Waals surface area contributed by atoms with Gasteiger partial charge in [0.05, 0.1) is 59.7 Å². The van der Waals surface area contributed by atoms with E-state index in [-0.39, 0.29) is 76.4 Å². The van der Waals surface area contributed by atoms with Crippen LogP contribution in [0.15, 0.2) is 208 Å². The number of nitrogens with zero attached hydrogens (tertiary/aromatic N) is 16. The number of allylic oxidation sites excluding steroid dienone is 3. The van der Waals surface area contributed by atoms with Gasteiger partial charge >= 0.3 is 0 Å². The molecule has 16 rings (SSSR count). The lowest BCUT2D eigenvalue weighted by Crippen LogP contribution is -2.39. The second kappa shape index (κ2) is 38.5. The van der Waals surface area contributed by atoms with Crippen LogP contribution in [0.25, 0.3) is 44.5 Å². The van der Waals surface area contributed by atoms with Crippen molar-refractivity contribution in [2.24, 2.45) is 28.2 Å². The number of hydrogen-bond donors (Lipinski definition) is 10. The third-order valence-electron chi connectivity index (χ3n) is 19.2. The van der Waals surface area contributed by atoms with Gasteiger partial charge in [-0.05, 0) is 122 Å². The summed E-state index contributed by atoms with van der Waals surface area (Å²) in [5.41, 5.74) is 11.2. The van der Waals surface area contributed by atoms with Gasteiger partial charge in [-0.15, -0.1) is 0 Å². The van der Waals surface area contributed by atoms with Crippen LogP contribution in [0, 0.1) is 0 Å². The number of aromatic nitrogens is 16. The molecule has 2 unspecified atom stereocenters. The number of rotatable bonds is 0. The fourth-order valence-corrected chi connectivity index (χ4v) is 13.2. The van der Waals surface area contributed by atoms with Crippen LogP contribution in [-0.4, -0.2) is 174 Å². The number of aryl methyl sites for hydroxylation is 8. The predicted octanol–water partition coefficient (Wildman–Crippen LogP) is 8.63. The van der Waals surface area contributed by atoms with Gasteiger partial charge in [0.15, 0.2) is 22.8 Å². The third kappa shape index (κ3) is 21.5. The molecule has 34 nitrogen and oxygen atoms in total. The third-order valence-corrected chi connectivity index (χ3v) is 19.2. The Morgan fingerprint density at radius 3 is 0.983 bits per heavy atom. The van der Waals surface area contributed by atoms with E-state index in [1.165, 1.54) is 24.9 Å². The van der Waals surface area contributed by atoms with Crippen LogP contribution in [-0.2, 0) is 54.4 Å². The lowest BCUT2D eigenvalue weighted by molar-refractivity contribution is 0.0137. The van der Waals surface area contributed by atoms with E-state index in [2.05, 4.69) is 89.4 Å². The number of hydrogen-bond acceptors (Lipinski definition) is 18. The fraction of sp³-hybridized carbons (Fsp3) is 0.262. The smallest absolute Gasteiger partial charge is 0.274 e. The van der Waals surface area contributed by atoms with Crippen LogP contribution >= 0.6 is 0 Å². The highest BCUT2D eigenvalue weighted by Gasteiger charge is 2.26. The van der Waals surface area contributed by atoms with E-state index in [9.17, 15) is 48.6 Å². The second-order valence-corrected chi connectivity index (χ2v) is 28.3. The van der Waals surface area contributed by atoms with Gasteiger partial charge in [-0.2, -0.15) is 40.8 Å². The van der Waals surface area contributed by atoms with Crippen molar-refractivity contribution in [2.75, 3.05) is 47.4 Å². The van der Waals surface area contributed by atoms with Crippen LogP contribution in [0.2, 0.25) is 0 Å². The Balaban J connectivity index is 0.000000136. The van der Waals surface area contributed by atoms with Crippen LogP contribution in [0.1, 0.15) is 135 Å². The number of benzene rings is 4. The summed E-state index contributed by atoms with van der Waals surface area (Å²) in [7, 11) is 6.77. The number of amides is 8. The van der Waals surface area contributed by atoms with Crippen molar-refractivity contribution in [3.8, 4) is 44.5 Å². The second-order valence-electron chi connectivity index (χ2n) is 28.3.